The van der Waals surface area contributed by atoms with Crippen molar-refractivity contribution in [2.45, 2.75) is 25.8 Å². The van der Waals surface area contributed by atoms with Gasteiger partial charge in [0.2, 0.25) is 5.91 Å². The molecule has 4 nitrogen and oxygen atoms in total. The fourth-order valence-corrected chi connectivity index (χ4v) is 0.851. The Labute approximate surface area is 73.3 Å². The van der Waals surface area contributed by atoms with Crippen LogP contribution < -0.4 is 10.6 Å². The van der Waals surface area contributed by atoms with Crippen molar-refractivity contribution < 1.29 is 9.90 Å². The van der Waals surface area contributed by atoms with Crippen LogP contribution in [0.2, 0.25) is 0 Å². The maximum Gasteiger partial charge on any atom is 0.221 e. The maximum absolute atomic E-state index is 11.1. The second-order valence-corrected chi connectivity index (χ2v) is 2.83. The van der Waals surface area contributed by atoms with Crippen molar-refractivity contribution in [2.24, 2.45) is 0 Å². The third-order valence-corrected chi connectivity index (χ3v) is 1.57. The summed E-state index contributed by atoms with van der Waals surface area (Å²) in [6.45, 7) is 2.69. The normalized spacial score (nSPS) is 12.6. The standard InChI is InChI=1S/C8H18N2O2/c1-7(4-6-11)10-8(12)3-5-9-2/h7,9,11H,3-6H2,1-2H3,(H,10,12). The molecule has 0 saturated carbocycles. The van der Waals surface area contributed by atoms with Gasteiger partial charge in [0.25, 0.3) is 0 Å². The van der Waals surface area contributed by atoms with E-state index in [1.807, 2.05) is 14.0 Å². The molecule has 0 saturated heterocycles. The van der Waals surface area contributed by atoms with Crippen LogP contribution in [-0.4, -0.2) is 37.3 Å². The van der Waals surface area contributed by atoms with E-state index >= 15 is 0 Å². The molecular formula is C8H18N2O2. The average Bonchev–Trinajstić information content (AvgIpc) is 2.01. The number of aliphatic hydroxyl groups is 1. The van der Waals surface area contributed by atoms with E-state index in [2.05, 4.69) is 10.6 Å². The molecule has 0 aliphatic rings. The molecule has 0 radical (unpaired) electrons. The number of nitrogens with one attached hydrogen (secondary N) is 2. The molecule has 0 heterocycles. The number of aliphatic hydroxyl groups excluding tert-OH is 1. The molecule has 0 spiro atoms. The number of amides is 1. The molecule has 0 aliphatic heterocycles. The van der Waals surface area contributed by atoms with Gasteiger partial charge in [0, 0.05) is 25.6 Å². The van der Waals surface area contributed by atoms with Crippen LogP contribution in [0.5, 0.6) is 0 Å². The second kappa shape index (κ2) is 7.06. The van der Waals surface area contributed by atoms with Gasteiger partial charge in [-0.25, -0.2) is 0 Å². The molecule has 3 N–H and O–H groups in total. The summed E-state index contributed by atoms with van der Waals surface area (Å²) in [6.07, 6.45) is 1.11. The van der Waals surface area contributed by atoms with Crippen molar-refractivity contribution in [1.29, 1.82) is 0 Å². The van der Waals surface area contributed by atoms with Crippen LogP contribution in [-0.2, 0) is 4.79 Å². The Morgan fingerprint density at radius 1 is 1.58 bits per heavy atom. The zero-order valence-electron chi connectivity index (χ0n) is 7.76. The summed E-state index contributed by atoms with van der Waals surface area (Å²) in [5.41, 5.74) is 0. The number of carbonyl (C=O) groups is 1. The lowest BCUT2D eigenvalue weighted by Gasteiger charge is -2.11. The Hall–Kier alpha value is -0.610. The predicted molar refractivity (Wildman–Crippen MR) is 47.9 cm³/mol. The predicted octanol–water partition coefficient (Wildman–Crippen LogP) is -0.517. The van der Waals surface area contributed by atoms with Crippen molar-refractivity contribution in [3.63, 3.8) is 0 Å². The van der Waals surface area contributed by atoms with E-state index in [4.69, 9.17) is 5.11 Å². The van der Waals surface area contributed by atoms with Crippen molar-refractivity contribution in [2.75, 3.05) is 20.2 Å². The Morgan fingerprint density at radius 3 is 2.75 bits per heavy atom. The maximum atomic E-state index is 11.1. The molecule has 1 unspecified atom stereocenters. The Bertz CT molecular complexity index is 128. The number of hydrogen-bond donors (Lipinski definition) is 3. The van der Waals surface area contributed by atoms with Crippen LogP contribution in [0.25, 0.3) is 0 Å². The van der Waals surface area contributed by atoms with Gasteiger partial charge < -0.3 is 15.7 Å². The summed E-state index contributed by atoms with van der Waals surface area (Å²) in [4.78, 5) is 11.1. The molecule has 1 atom stereocenters. The summed E-state index contributed by atoms with van der Waals surface area (Å²) in [5.74, 6) is 0.0327. The minimum atomic E-state index is 0.0327. The second-order valence-electron chi connectivity index (χ2n) is 2.83. The first kappa shape index (κ1) is 11.4. The highest BCUT2D eigenvalue weighted by molar-refractivity contribution is 5.76. The van der Waals surface area contributed by atoms with E-state index in [1.165, 1.54) is 0 Å². The summed E-state index contributed by atoms with van der Waals surface area (Å²) in [5, 5.41) is 14.2. The van der Waals surface area contributed by atoms with Gasteiger partial charge in [-0.05, 0) is 20.4 Å². The molecule has 0 bridgehead atoms. The van der Waals surface area contributed by atoms with E-state index in [1.54, 1.807) is 0 Å². The quantitative estimate of drug-likeness (QED) is 0.508. The van der Waals surface area contributed by atoms with Gasteiger partial charge in [-0.3, -0.25) is 4.79 Å². The van der Waals surface area contributed by atoms with E-state index in [-0.39, 0.29) is 18.6 Å². The van der Waals surface area contributed by atoms with Crippen LogP contribution in [0.4, 0.5) is 0 Å². The third kappa shape index (κ3) is 6.12. The van der Waals surface area contributed by atoms with Gasteiger partial charge >= 0.3 is 0 Å². The fraction of sp³-hybridized carbons (Fsp3) is 0.875. The Kier molecular flexibility index (Phi) is 6.70. The lowest BCUT2D eigenvalue weighted by Crippen LogP contribution is -2.34. The lowest BCUT2D eigenvalue weighted by atomic mass is 10.2. The van der Waals surface area contributed by atoms with E-state index < -0.39 is 0 Å². The highest BCUT2D eigenvalue weighted by Gasteiger charge is 2.04. The smallest absolute Gasteiger partial charge is 0.221 e. The van der Waals surface area contributed by atoms with E-state index in [0.29, 0.717) is 19.4 Å². The van der Waals surface area contributed by atoms with Crippen molar-refractivity contribution in [3.8, 4) is 0 Å². The van der Waals surface area contributed by atoms with Gasteiger partial charge in [0.1, 0.15) is 0 Å². The molecular weight excluding hydrogens is 156 g/mol. The largest absolute Gasteiger partial charge is 0.396 e. The summed E-state index contributed by atoms with van der Waals surface area (Å²) < 4.78 is 0. The Morgan fingerprint density at radius 2 is 2.25 bits per heavy atom. The first-order valence-electron chi connectivity index (χ1n) is 4.25. The zero-order chi connectivity index (χ0) is 9.40. The van der Waals surface area contributed by atoms with Gasteiger partial charge in [0.15, 0.2) is 0 Å². The molecule has 0 aliphatic carbocycles. The topological polar surface area (TPSA) is 61.4 Å². The molecule has 0 rings (SSSR count). The van der Waals surface area contributed by atoms with Gasteiger partial charge in [-0.15, -0.1) is 0 Å². The van der Waals surface area contributed by atoms with Crippen molar-refractivity contribution in [1.82, 2.24) is 10.6 Å². The van der Waals surface area contributed by atoms with Gasteiger partial charge in [0.05, 0.1) is 0 Å². The average molecular weight is 174 g/mol. The highest BCUT2D eigenvalue weighted by Crippen LogP contribution is 1.89. The number of hydrogen-bond acceptors (Lipinski definition) is 3. The molecule has 0 aromatic carbocycles. The van der Waals surface area contributed by atoms with Crippen molar-refractivity contribution >= 4 is 5.91 Å². The summed E-state index contributed by atoms with van der Waals surface area (Å²) in [6, 6.07) is 0.0688. The van der Waals surface area contributed by atoms with Crippen LogP contribution in [0.15, 0.2) is 0 Å². The molecule has 0 aromatic rings. The monoisotopic (exact) mass is 174 g/mol. The van der Waals surface area contributed by atoms with Crippen LogP contribution >= 0.6 is 0 Å². The third-order valence-electron chi connectivity index (χ3n) is 1.57. The van der Waals surface area contributed by atoms with Gasteiger partial charge in [-0.2, -0.15) is 0 Å². The Balaban J connectivity index is 3.40. The summed E-state index contributed by atoms with van der Waals surface area (Å²) >= 11 is 0. The molecule has 4 heteroatoms. The fourth-order valence-electron chi connectivity index (χ4n) is 0.851. The minimum Gasteiger partial charge on any atom is -0.396 e. The van der Waals surface area contributed by atoms with Crippen LogP contribution in [0.3, 0.4) is 0 Å². The molecule has 12 heavy (non-hydrogen) atoms. The van der Waals surface area contributed by atoms with Crippen molar-refractivity contribution in [3.05, 3.63) is 0 Å². The van der Waals surface area contributed by atoms with E-state index in [0.717, 1.165) is 0 Å². The minimum absolute atomic E-state index is 0.0327. The number of carbonyl (C=O) groups excluding carboxylic acids is 1. The SMILES string of the molecule is CNCCC(=O)NC(C)CCO. The molecule has 0 fully saturated rings. The first-order valence-corrected chi connectivity index (χ1v) is 4.25. The lowest BCUT2D eigenvalue weighted by molar-refractivity contribution is -0.121. The van der Waals surface area contributed by atoms with Gasteiger partial charge in [-0.1, -0.05) is 0 Å². The first-order chi connectivity index (χ1) is 5.70. The van der Waals surface area contributed by atoms with Crippen LogP contribution in [0, 0.1) is 0 Å². The number of rotatable bonds is 6. The molecule has 72 valence electrons. The molecule has 1 amide bonds. The zero-order valence-corrected chi connectivity index (χ0v) is 7.76. The molecule has 0 aromatic heterocycles. The van der Waals surface area contributed by atoms with Crippen LogP contribution in [0.1, 0.15) is 19.8 Å². The van der Waals surface area contributed by atoms with E-state index in [9.17, 15) is 4.79 Å². The summed E-state index contributed by atoms with van der Waals surface area (Å²) in [7, 11) is 1.81. The highest BCUT2D eigenvalue weighted by atomic mass is 16.3.